The number of hydrogen-bond acceptors (Lipinski definition) is 4. The molecule has 19 heavy (non-hydrogen) atoms. The molecular formula is C13H17N3O3. The van der Waals surface area contributed by atoms with E-state index in [4.69, 9.17) is 5.11 Å². The van der Waals surface area contributed by atoms with Crippen LogP contribution in [0.4, 0.5) is 4.79 Å². The van der Waals surface area contributed by atoms with Gasteiger partial charge in [-0.25, -0.2) is 4.79 Å². The number of amides is 1. The highest BCUT2D eigenvalue weighted by Crippen LogP contribution is 2.13. The zero-order valence-electron chi connectivity index (χ0n) is 10.6. The van der Waals surface area contributed by atoms with Crippen LogP contribution in [0.25, 0.3) is 0 Å². The van der Waals surface area contributed by atoms with Gasteiger partial charge in [-0.1, -0.05) is 0 Å². The van der Waals surface area contributed by atoms with Crippen molar-refractivity contribution in [1.82, 2.24) is 15.2 Å². The monoisotopic (exact) mass is 263 g/mol. The molecule has 0 spiro atoms. The summed E-state index contributed by atoms with van der Waals surface area (Å²) in [5, 5.41) is 11.3. The first-order valence-corrected chi connectivity index (χ1v) is 6.29. The fraction of sp³-hybridized carbons (Fsp3) is 0.462. The Labute approximate surface area is 111 Å². The minimum absolute atomic E-state index is 0.0152. The van der Waals surface area contributed by atoms with Crippen molar-refractivity contribution >= 4 is 12.4 Å². The zero-order chi connectivity index (χ0) is 13.7. The summed E-state index contributed by atoms with van der Waals surface area (Å²) >= 11 is 0. The second-order valence-electron chi connectivity index (χ2n) is 4.73. The summed E-state index contributed by atoms with van der Waals surface area (Å²) in [6, 6.07) is 3.63. The molecule has 6 heteroatoms. The van der Waals surface area contributed by atoms with Crippen LogP contribution in [-0.2, 0) is 6.54 Å². The molecule has 2 rings (SSSR count). The molecule has 0 radical (unpaired) electrons. The number of aldehydes is 1. The molecule has 2 N–H and O–H groups in total. The maximum absolute atomic E-state index is 10.7. The van der Waals surface area contributed by atoms with E-state index in [1.807, 2.05) is 6.07 Å². The van der Waals surface area contributed by atoms with Crippen LogP contribution in [0, 0.1) is 0 Å². The second kappa shape index (κ2) is 6.29. The molecule has 1 amide bonds. The quantitative estimate of drug-likeness (QED) is 0.796. The molecule has 2 heterocycles. The number of aromatic nitrogens is 1. The van der Waals surface area contributed by atoms with Crippen LogP contribution in [0.15, 0.2) is 18.3 Å². The van der Waals surface area contributed by atoms with E-state index in [1.165, 1.54) is 0 Å². The standard InChI is InChI=1S/C13H17N3O3/c17-9-12-6-10(3-4-14-12)7-16-5-1-2-11(8-16)15-13(18)19/h3-4,6,9,11,15H,1-2,5,7-8H2,(H,18,19). The number of pyridine rings is 1. The third-order valence-electron chi connectivity index (χ3n) is 3.21. The van der Waals surface area contributed by atoms with Crippen LogP contribution in [0.2, 0.25) is 0 Å². The predicted molar refractivity (Wildman–Crippen MR) is 69.1 cm³/mol. The minimum Gasteiger partial charge on any atom is -0.465 e. The molecule has 1 aliphatic rings. The van der Waals surface area contributed by atoms with E-state index in [1.54, 1.807) is 12.3 Å². The Morgan fingerprint density at radius 1 is 1.63 bits per heavy atom. The Bertz CT molecular complexity index is 464. The van der Waals surface area contributed by atoms with Gasteiger partial charge in [-0.05, 0) is 37.1 Å². The van der Waals surface area contributed by atoms with Crippen molar-refractivity contribution in [3.05, 3.63) is 29.6 Å². The van der Waals surface area contributed by atoms with E-state index in [2.05, 4.69) is 15.2 Å². The number of nitrogens with one attached hydrogen (secondary N) is 1. The topological polar surface area (TPSA) is 82.5 Å². The molecule has 1 aliphatic heterocycles. The highest BCUT2D eigenvalue weighted by Gasteiger charge is 2.21. The molecule has 0 saturated carbocycles. The largest absolute Gasteiger partial charge is 0.465 e. The minimum atomic E-state index is -0.973. The number of carbonyl (C=O) groups is 2. The first-order valence-electron chi connectivity index (χ1n) is 6.29. The van der Waals surface area contributed by atoms with Gasteiger partial charge in [-0.15, -0.1) is 0 Å². The van der Waals surface area contributed by atoms with Crippen LogP contribution >= 0.6 is 0 Å². The SMILES string of the molecule is O=Cc1cc(CN2CCCC(NC(=O)O)C2)ccn1. The maximum Gasteiger partial charge on any atom is 0.404 e. The normalized spacial score (nSPS) is 19.9. The Kier molecular flexibility index (Phi) is 4.46. The van der Waals surface area contributed by atoms with Gasteiger partial charge in [0.2, 0.25) is 0 Å². The number of likely N-dealkylation sites (tertiary alicyclic amines) is 1. The average molecular weight is 263 g/mol. The van der Waals surface area contributed by atoms with Crippen molar-refractivity contribution in [2.45, 2.75) is 25.4 Å². The summed E-state index contributed by atoms with van der Waals surface area (Å²) in [7, 11) is 0. The molecule has 1 unspecified atom stereocenters. The summed E-state index contributed by atoms with van der Waals surface area (Å²) in [4.78, 5) is 27.4. The smallest absolute Gasteiger partial charge is 0.404 e. The molecule has 102 valence electrons. The van der Waals surface area contributed by atoms with Gasteiger partial charge in [0.05, 0.1) is 0 Å². The number of carbonyl (C=O) groups excluding carboxylic acids is 1. The zero-order valence-corrected chi connectivity index (χ0v) is 10.6. The van der Waals surface area contributed by atoms with Crippen LogP contribution < -0.4 is 5.32 Å². The molecule has 1 saturated heterocycles. The number of rotatable bonds is 4. The third kappa shape index (κ3) is 4.03. The molecule has 0 aliphatic carbocycles. The first-order chi connectivity index (χ1) is 9.17. The predicted octanol–water partition coefficient (Wildman–Crippen LogP) is 1.13. The van der Waals surface area contributed by atoms with Crippen LogP contribution in [0.1, 0.15) is 28.9 Å². The highest BCUT2D eigenvalue weighted by atomic mass is 16.4. The lowest BCUT2D eigenvalue weighted by atomic mass is 10.1. The summed E-state index contributed by atoms with van der Waals surface area (Å²) in [5.41, 5.74) is 1.45. The fourth-order valence-electron chi connectivity index (χ4n) is 2.41. The number of nitrogens with zero attached hydrogens (tertiary/aromatic N) is 2. The van der Waals surface area contributed by atoms with Gasteiger partial charge in [-0.3, -0.25) is 14.7 Å². The van der Waals surface area contributed by atoms with Crippen molar-refractivity contribution < 1.29 is 14.7 Å². The van der Waals surface area contributed by atoms with Crippen LogP contribution in [-0.4, -0.2) is 46.5 Å². The van der Waals surface area contributed by atoms with Gasteiger partial charge in [0.15, 0.2) is 6.29 Å². The molecule has 1 aromatic heterocycles. The lowest BCUT2D eigenvalue weighted by molar-refractivity contribution is 0.111. The van der Waals surface area contributed by atoms with E-state index in [0.717, 1.165) is 31.2 Å². The Balaban J connectivity index is 1.94. The molecule has 0 aromatic carbocycles. The van der Waals surface area contributed by atoms with E-state index < -0.39 is 6.09 Å². The van der Waals surface area contributed by atoms with Gasteiger partial charge in [0.1, 0.15) is 5.69 Å². The Morgan fingerprint density at radius 3 is 3.21 bits per heavy atom. The summed E-state index contributed by atoms with van der Waals surface area (Å²) in [5.74, 6) is 0. The summed E-state index contributed by atoms with van der Waals surface area (Å²) in [6.45, 7) is 2.35. The summed E-state index contributed by atoms with van der Waals surface area (Å²) in [6.07, 6.45) is 3.22. The van der Waals surface area contributed by atoms with E-state index >= 15 is 0 Å². The molecule has 0 bridgehead atoms. The number of carboxylic acid groups (broad SMARTS) is 1. The number of hydrogen-bond donors (Lipinski definition) is 2. The van der Waals surface area contributed by atoms with E-state index in [-0.39, 0.29) is 6.04 Å². The maximum atomic E-state index is 10.7. The van der Waals surface area contributed by atoms with Crippen molar-refractivity contribution in [2.75, 3.05) is 13.1 Å². The lowest BCUT2D eigenvalue weighted by Gasteiger charge is -2.32. The number of piperidine rings is 1. The van der Waals surface area contributed by atoms with Crippen molar-refractivity contribution in [1.29, 1.82) is 0 Å². The lowest BCUT2D eigenvalue weighted by Crippen LogP contribution is -2.46. The van der Waals surface area contributed by atoms with Gasteiger partial charge in [-0.2, -0.15) is 0 Å². The van der Waals surface area contributed by atoms with E-state index in [0.29, 0.717) is 18.8 Å². The van der Waals surface area contributed by atoms with Crippen LogP contribution in [0.3, 0.4) is 0 Å². The van der Waals surface area contributed by atoms with Crippen molar-refractivity contribution in [2.24, 2.45) is 0 Å². The van der Waals surface area contributed by atoms with Crippen molar-refractivity contribution in [3.63, 3.8) is 0 Å². The second-order valence-corrected chi connectivity index (χ2v) is 4.73. The Hall–Kier alpha value is -1.95. The third-order valence-corrected chi connectivity index (χ3v) is 3.21. The molecule has 1 aromatic rings. The van der Waals surface area contributed by atoms with Crippen molar-refractivity contribution in [3.8, 4) is 0 Å². The first kappa shape index (κ1) is 13.5. The van der Waals surface area contributed by atoms with Crippen LogP contribution in [0.5, 0.6) is 0 Å². The van der Waals surface area contributed by atoms with Gasteiger partial charge >= 0.3 is 6.09 Å². The Morgan fingerprint density at radius 2 is 2.47 bits per heavy atom. The molecule has 6 nitrogen and oxygen atoms in total. The fourth-order valence-corrected chi connectivity index (χ4v) is 2.41. The van der Waals surface area contributed by atoms with Gasteiger partial charge < -0.3 is 10.4 Å². The average Bonchev–Trinajstić information content (AvgIpc) is 2.38. The molecule has 1 fully saturated rings. The highest BCUT2D eigenvalue weighted by molar-refractivity contribution is 5.71. The van der Waals surface area contributed by atoms with Gasteiger partial charge in [0, 0.05) is 25.3 Å². The summed E-state index contributed by atoms with van der Waals surface area (Å²) < 4.78 is 0. The van der Waals surface area contributed by atoms with Gasteiger partial charge in [0.25, 0.3) is 0 Å². The van der Waals surface area contributed by atoms with E-state index in [9.17, 15) is 9.59 Å². The molecular weight excluding hydrogens is 246 g/mol. The molecule has 1 atom stereocenters.